The van der Waals surface area contributed by atoms with E-state index in [1.165, 1.54) is 37.3 Å². The second kappa shape index (κ2) is 4.88. The fourth-order valence-corrected chi connectivity index (χ4v) is 2.32. The molecule has 21 heavy (non-hydrogen) atoms. The van der Waals surface area contributed by atoms with Crippen LogP contribution in [0.4, 0.5) is 17.6 Å². The Bertz CT molecular complexity index is 836. The summed E-state index contributed by atoms with van der Waals surface area (Å²) in [6.07, 6.45) is 0. The molecule has 0 saturated carbocycles. The van der Waals surface area contributed by atoms with Crippen molar-refractivity contribution in [3.8, 4) is 11.1 Å². The van der Waals surface area contributed by atoms with Crippen molar-refractivity contribution in [3.63, 3.8) is 0 Å². The molecule has 0 heterocycles. The summed E-state index contributed by atoms with van der Waals surface area (Å²) in [7, 11) is 0. The topological polar surface area (TPSA) is 0 Å². The normalized spacial score (nSPS) is 11.1. The van der Waals surface area contributed by atoms with Crippen LogP contribution >= 0.6 is 0 Å². The van der Waals surface area contributed by atoms with Crippen LogP contribution in [-0.4, -0.2) is 0 Å². The van der Waals surface area contributed by atoms with E-state index in [4.69, 9.17) is 0 Å². The molecule has 106 valence electrons. The van der Waals surface area contributed by atoms with Crippen LogP contribution in [0.5, 0.6) is 0 Å². The lowest BCUT2D eigenvalue weighted by Gasteiger charge is -2.09. The van der Waals surface area contributed by atoms with Crippen LogP contribution in [0.25, 0.3) is 21.9 Å². The SMILES string of the molecule is Cc1c(F)cc2cc(-c3ccc(F)cc3)cc(F)c2c1F. The molecule has 0 aliphatic heterocycles. The minimum Gasteiger partial charge on any atom is -0.207 e. The predicted molar refractivity (Wildman–Crippen MR) is 74.0 cm³/mol. The lowest BCUT2D eigenvalue weighted by Crippen LogP contribution is -1.94. The highest BCUT2D eigenvalue weighted by atomic mass is 19.1. The maximum Gasteiger partial charge on any atom is 0.139 e. The quantitative estimate of drug-likeness (QED) is 0.528. The molecule has 0 saturated heterocycles. The van der Waals surface area contributed by atoms with E-state index < -0.39 is 23.3 Å². The van der Waals surface area contributed by atoms with Crippen molar-refractivity contribution in [1.29, 1.82) is 0 Å². The third kappa shape index (κ3) is 2.27. The molecule has 0 N–H and O–H groups in total. The van der Waals surface area contributed by atoms with Crippen molar-refractivity contribution in [1.82, 2.24) is 0 Å². The number of halogens is 4. The van der Waals surface area contributed by atoms with Gasteiger partial charge in [-0.25, -0.2) is 17.6 Å². The Labute approximate surface area is 118 Å². The van der Waals surface area contributed by atoms with Gasteiger partial charge >= 0.3 is 0 Å². The summed E-state index contributed by atoms with van der Waals surface area (Å²) in [5.74, 6) is -2.80. The van der Waals surface area contributed by atoms with Crippen molar-refractivity contribution >= 4 is 10.8 Å². The maximum atomic E-state index is 14.1. The summed E-state index contributed by atoms with van der Waals surface area (Å²) < 4.78 is 54.7. The Kier molecular flexibility index (Phi) is 3.16. The number of benzene rings is 3. The lowest BCUT2D eigenvalue weighted by molar-refractivity contribution is 0.568. The zero-order valence-corrected chi connectivity index (χ0v) is 11.1. The summed E-state index contributed by atoms with van der Waals surface area (Å²) in [6, 6.07) is 9.20. The fraction of sp³-hybridized carbons (Fsp3) is 0.0588. The van der Waals surface area contributed by atoms with Crippen molar-refractivity contribution in [3.05, 3.63) is 71.3 Å². The van der Waals surface area contributed by atoms with Gasteiger partial charge in [-0.05, 0) is 53.8 Å². The third-order valence-electron chi connectivity index (χ3n) is 3.49. The van der Waals surface area contributed by atoms with Gasteiger partial charge in [0.15, 0.2) is 0 Å². The van der Waals surface area contributed by atoms with E-state index >= 15 is 0 Å². The molecule has 0 aliphatic carbocycles. The predicted octanol–water partition coefficient (Wildman–Crippen LogP) is 5.37. The maximum absolute atomic E-state index is 14.1. The minimum atomic E-state index is -0.895. The molecule has 3 rings (SSSR count). The second-order valence-electron chi connectivity index (χ2n) is 4.86. The van der Waals surface area contributed by atoms with E-state index in [-0.39, 0.29) is 16.3 Å². The van der Waals surface area contributed by atoms with Crippen LogP contribution in [0.1, 0.15) is 5.56 Å². The van der Waals surface area contributed by atoms with Crippen LogP contribution in [-0.2, 0) is 0 Å². The first-order chi connectivity index (χ1) is 9.97. The van der Waals surface area contributed by atoms with Crippen molar-refractivity contribution in [2.24, 2.45) is 0 Å². The van der Waals surface area contributed by atoms with Crippen LogP contribution in [0, 0.1) is 30.2 Å². The summed E-state index contributed by atoms with van der Waals surface area (Å²) in [5.41, 5.74) is 0.789. The Morgan fingerprint density at radius 3 is 2.05 bits per heavy atom. The molecular formula is C17H10F4. The van der Waals surface area contributed by atoms with Crippen LogP contribution < -0.4 is 0 Å². The molecule has 3 aromatic rings. The molecular weight excluding hydrogens is 280 g/mol. The molecule has 0 bridgehead atoms. The summed E-state index contributed by atoms with van der Waals surface area (Å²) in [5, 5.41) is -0.102. The molecule has 0 aliphatic rings. The average Bonchev–Trinajstić information content (AvgIpc) is 2.45. The number of fused-ring (bicyclic) bond motifs is 1. The minimum absolute atomic E-state index is 0.134. The number of hydrogen-bond donors (Lipinski definition) is 0. The number of rotatable bonds is 1. The molecule has 0 spiro atoms. The van der Waals surface area contributed by atoms with Crippen LogP contribution in [0.3, 0.4) is 0 Å². The van der Waals surface area contributed by atoms with Crippen LogP contribution in [0.2, 0.25) is 0 Å². The van der Waals surface area contributed by atoms with Crippen molar-refractivity contribution < 1.29 is 17.6 Å². The van der Waals surface area contributed by atoms with Gasteiger partial charge in [-0.15, -0.1) is 0 Å². The first kappa shape index (κ1) is 13.6. The Morgan fingerprint density at radius 2 is 1.38 bits per heavy atom. The monoisotopic (exact) mass is 290 g/mol. The largest absolute Gasteiger partial charge is 0.207 e. The molecule has 0 fully saturated rings. The smallest absolute Gasteiger partial charge is 0.139 e. The first-order valence-electron chi connectivity index (χ1n) is 6.31. The first-order valence-corrected chi connectivity index (χ1v) is 6.31. The van der Waals surface area contributed by atoms with Gasteiger partial charge in [0.05, 0.1) is 5.39 Å². The zero-order chi connectivity index (χ0) is 15.1. The van der Waals surface area contributed by atoms with Crippen molar-refractivity contribution in [2.75, 3.05) is 0 Å². The molecule has 0 unspecified atom stereocenters. The van der Waals surface area contributed by atoms with Gasteiger partial charge in [0.1, 0.15) is 23.3 Å². The van der Waals surface area contributed by atoms with E-state index in [1.807, 2.05) is 0 Å². The van der Waals surface area contributed by atoms with Gasteiger partial charge in [0, 0.05) is 5.56 Å². The van der Waals surface area contributed by atoms with Crippen LogP contribution in [0.15, 0.2) is 42.5 Å². The Hall–Kier alpha value is -2.36. The van der Waals surface area contributed by atoms with Crippen molar-refractivity contribution in [2.45, 2.75) is 6.92 Å². The van der Waals surface area contributed by atoms with Gasteiger partial charge in [-0.3, -0.25) is 0 Å². The molecule has 0 aromatic heterocycles. The standard InChI is InChI=1S/C17H10F4/c1-9-14(19)8-12-6-11(7-15(20)16(12)17(9)21)10-2-4-13(18)5-3-10/h2-8H,1H3. The molecule has 0 amide bonds. The highest BCUT2D eigenvalue weighted by Gasteiger charge is 2.15. The van der Waals surface area contributed by atoms with E-state index in [0.717, 1.165) is 12.1 Å². The van der Waals surface area contributed by atoms with Gasteiger partial charge in [-0.2, -0.15) is 0 Å². The third-order valence-corrected chi connectivity index (χ3v) is 3.49. The molecule has 0 atom stereocenters. The molecule has 0 nitrogen and oxygen atoms in total. The summed E-state index contributed by atoms with van der Waals surface area (Å²) >= 11 is 0. The van der Waals surface area contributed by atoms with E-state index in [2.05, 4.69) is 0 Å². The highest BCUT2D eigenvalue weighted by Crippen LogP contribution is 2.31. The van der Waals surface area contributed by atoms with Gasteiger partial charge in [0.2, 0.25) is 0 Å². The fourth-order valence-electron chi connectivity index (χ4n) is 2.32. The molecule has 3 aromatic carbocycles. The Balaban J connectivity index is 2.28. The zero-order valence-electron chi connectivity index (χ0n) is 11.1. The lowest BCUT2D eigenvalue weighted by atomic mass is 9.99. The highest BCUT2D eigenvalue weighted by molar-refractivity contribution is 5.89. The average molecular weight is 290 g/mol. The molecule has 4 heteroatoms. The Morgan fingerprint density at radius 1 is 0.714 bits per heavy atom. The van der Waals surface area contributed by atoms with E-state index in [0.29, 0.717) is 11.1 Å². The van der Waals surface area contributed by atoms with Gasteiger partial charge < -0.3 is 0 Å². The van der Waals surface area contributed by atoms with E-state index in [1.54, 1.807) is 0 Å². The summed E-state index contributed by atoms with van der Waals surface area (Å²) in [4.78, 5) is 0. The summed E-state index contributed by atoms with van der Waals surface area (Å²) in [6.45, 7) is 1.26. The second-order valence-corrected chi connectivity index (χ2v) is 4.86. The number of hydrogen-bond acceptors (Lipinski definition) is 0. The van der Waals surface area contributed by atoms with Gasteiger partial charge in [0.25, 0.3) is 0 Å². The molecule has 0 radical (unpaired) electrons. The van der Waals surface area contributed by atoms with E-state index in [9.17, 15) is 17.6 Å². The van der Waals surface area contributed by atoms with Gasteiger partial charge in [-0.1, -0.05) is 12.1 Å².